The van der Waals surface area contributed by atoms with Crippen molar-refractivity contribution in [2.24, 2.45) is 0 Å². The molecule has 0 saturated carbocycles. The van der Waals surface area contributed by atoms with Crippen molar-refractivity contribution in [2.75, 3.05) is 13.2 Å². The van der Waals surface area contributed by atoms with Crippen molar-refractivity contribution in [2.45, 2.75) is 33.4 Å². The molecule has 0 heterocycles. The van der Waals surface area contributed by atoms with Gasteiger partial charge in [-0.1, -0.05) is 30.3 Å². The summed E-state index contributed by atoms with van der Waals surface area (Å²) in [5, 5.41) is 3.03. The maximum atomic E-state index is 12.5. The molecule has 1 N–H and O–H groups in total. The van der Waals surface area contributed by atoms with E-state index in [0.29, 0.717) is 25.4 Å². The van der Waals surface area contributed by atoms with Gasteiger partial charge in [-0.15, -0.1) is 0 Å². The molecule has 128 valence electrons. The van der Waals surface area contributed by atoms with Crippen molar-refractivity contribution in [1.82, 2.24) is 5.32 Å². The van der Waals surface area contributed by atoms with E-state index in [1.54, 1.807) is 6.07 Å². The van der Waals surface area contributed by atoms with Crippen molar-refractivity contribution in [3.05, 3.63) is 65.2 Å². The van der Waals surface area contributed by atoms with E-state index in [1.165, 1.54) is 0 Å². The summed E-state index contributed by atoms with van der Waals surface area (Å²) in [5.74, 6) is 0.658. The molecule has 0 aliphatic heterocycles. The minimum absolute atomic E-state index is 0.0550. The van der Waals surface area contributed by atoms with Gasteiger partial charge in [-0.3, -0.25) is 4.79 Å². The van der Waals surface area contributed by atoms with Gasteiger partial charge >= 0.3 is 0 Å². The number of carbonyl (C=O) groups excluding carboxylic acids is 1. The molecule has 2 aromatic carbocycles. The summed E-state index contributed by atoms with van der Waals surface area (Å²) < 4.78 is 11.1. The third-order valence-electron chi connectivity index (χ3n) is 3.73. The number of rotatable bonds is 8. The standard InChI is InChI=1S/C20H25NO3/c1-4-23-14-18-13-17(11-12-19(18)24-5-2)20(22)21-15(3)16-9-7-6-8-10-16/h6-13,15H,4-5,14H2,1-3H3,(H,21,22)/t15-/m0/s1. The quantitative estimate of drug-likeness (QED) is 0.793. The van der Waals surface area contributed by atoms with Crippen molar-refractivity contribution < 1.29 is 14.3 Å². The molecule has 0 aliphatic rings. The fourth-order valence-electron chi connectivity index (χ4n) is 2.45. The lowest BCUT2D eigenvalue weighted by Crippen LogP contribution is -2.26. The Hall–Kier alpha value is -2.33. The van der Waals surface area contributed by atoms with Gasteiger partial charge in [0, 0.05) is 17.7 Å². The molecule has 2 aromatic rings. The van der Waals surface area contributed by atoms with Gasteiger partial charge in [-0.25, -0.2) is 0 Å². The van der Waals surface area contributed by atoms with E-state index in [-0.39, 0.29) is 11.9 Å². The van der Waals surface area contributed by atoms with Gasteiger partial charge in [0.1, 0.15) is 5.75 Å². The second-order valence-electron chi connectivity index (χ2n) is 5.50. The van der Waals surface area contributed by atoms with E-state index < -0.39 is 0 Å². The van der Waals surface area contributed by atoms with Gasteiger partial charge in [0.25, 0.3) is 5.91 Å². The van der Waals surface area contributed by atoms with E-state index in [2.05, 4.69) is 5.32 Å². The largest absolute Gasteiger partial charge is 0.494 e. The number of benzene rings is 2. The predicted octanol–water partition coefficient (Wildman–Crippen LogP) is 4.11. The van der Waals surface area contributed by atoms with E-state index in [1.807, 2.05) is 63.2 Å². The van der Waals surface area contributed by atoms with Crippen molar-refractivity contribution in [1.29, 1.82) is 0 Å². The highest BCUT2D eigenvalue weighted by Gasteiger charge is 2.14. The van der Waals surface area contributed by atoms with Crippen LogP contribution in [0.4, 0.5) is 0 Å². The second-order valence-corrected chi connectivity index (χ2v) is 5.50. The third kappa shape index (κ3) is 4.83. The van der Waals surface area contributed by atoms with Crippen LogP contribution in [-0.2, 0) is 11.3 Å². The molecule has 0 spiro atoms. The molecule has 24 heavy (non-hydrogen) atoms. The van der Waals surface area contributed by atoms with E-state index in [9.17, 15) is 4.79 Å². The Kier molecular flexibility index (Phi) is 6.82. The highest BCUT2D eigenvalue weighted by Crippen LogP contribution is 2.22. The Morgan fingerprint density at radius 2 is 1.83 bits per heavy atom. The Labute approximate surface area is 143 Å². The number of nitrogens with one attached hydrogen (secondary N) is 1. The minimum Gasteiger partial charge on any atom is -0.494 e. The van der Waals surface area contributed by atoms with Crippen LogP contribution in [0.5, 0.6) is 5.75 Å². The highest BCUT2D eigenvalue weighted by molar-refractivity contribution is 5.94. The Bertz CT molecular complexity index is 655. The average Bonchev–Trinajstić information content (AvgIpc) is 2.61. The molecule has 0 aromatic heterocycles. The summed E-state index contributed by atoms with van der Waals surface area (Å²) in [7, 11) is 0. The van der Waals surface area contributed by atoms with Gasteiger partial charge in [-0.2, -0.15) is 0 Å². The molecule has 0 unspecified atom stereocenters. The van der Waals surface area contributed by atoms with Gasteiger partial charge in [0.05, 0.1) is 19.3 Å². The fourth-order valence-corrected chi connectivity index (χ4v) is 2.45. The lowest BCUT2D eigenvalue weighted by molar-refractivity contribution is 0.0939. The highest BCUT2D eigenvalue weighted by atomic mass is 16.5. The summed E-state index contributed by atoms with van der Waals surface area (Å²) in [4.78, 5) is 12.5. The fraction of sp³-hybridized carbons (Fsp3) is 0.350. The van der Waals surface area contributed by atoms with Gasteiger partial charge in [-0.05, 0) is 44.5 Å². The van der Waals surface area contributed by atoms with Crippen LogP contribution < -0.4 is 10.1 Å². The zero-order valence-corrected chi connectivity index (χ0v) is 14.5. The van der Waals surface area contributed by atoms with Crippen LogP contribution in [-0.4, -0.2) is 19.1 Å². The maximum Gasteiger partial charge on any atom is 0.251 e. The molecule has 0 radical (unpaired) electrons. The van der Waals surface area contributed by atoms with Crippen LogP contribution in [0.1, 0.15) is 48.3 Å². The maximum absolute atomic E-state index is 12.5. The van der Waals surface area contributed by atoms with E-state index in [0.717, 1.165) is 16.9 Å². The van der Waals surface area contributed by atoms with Crippen molar-refractivity contribution in [3.8, 4) is 5.75 Å². The summed E-state index contributed by atoms with van der Waals surface area (Å²) >= 11 is 0. The Morgan fingerprint density at radius 3 is 2.50 bits per heavy atom. The first kappa shape index (κ1) is 18.0. The first-order valence-electron chi connectivity index (χ1n) is 8.35. The Morgan fingerprint density at radius 1 is 1.08 bits per heavy atom. The topological polar surface area (TPSA) is 47.6 Å². The number of ether oxygens (including phenoxy) is 2. The molecular weight excluding hydrogens is 302 g/mol. The zero-order chi connectivity index (χ0) is 17.4. The summed E-state index contributed by atoms with van der Waals surface area (Å²) in [6, 6.07) is 15.3. The zero-order valence-electron chi connectivity index (χ0n) is 14.5. The minimum atomic E-state index is -0.104. The number of hydrogen-bond donors (Lipinski definition) is 1. The number of carbonyl (C=O) groups is 1. The molecule has 0 bridgehead atoms. The molecule has 0 saturated heterocycles. The summed E-state index contributed by atoms with van der Waals surface area (Å²) in [6.45, 7) is 7.48. The van der Waals surface area contributed by atoms with E-state index >= 15 is 0 Å². The van der Waals surface area contributed by atoms with Crippen LogP contribution >= 0.6 is 0 Å². The second kappa shape index (κ2) is 9.08. The molecule has 0 aliphatic carbocycles. The smallest absolute Gasteiger partial charge is 0.251 e. The lowest BCUT2D eigenvalue weighted by Gasteiger charge is -2.16. The molecule has 1 atom stereocenters. The normalized spacial score (nSPS) is 11.8. The van der Waals surface area contributed by atoms with Crippen molar-refractivity contribution >= 4 is 5.91 Å². The van der Waals surface area contributed by atoms with Crippen molar-refractivity contribution in [3.63, 3.8) is 0 Å². The van der Waals surface area contributed by atoms with Crippen LogP contribution in [0.2, 0.25) is 0 Å². The lowest BCUT2D eigenvalue weighted by atomic mass is 10.1. The molecule has 2 rings (SSSR count). The number of hydrogen-bond acceptors (Lipinski definition) is 3. The molecular formula is C20H25NO3. The molecule has 1 amide bonds. The van der Waals surface area contributed by atoms with E-state index in [4.69, 9.17) is 9.47 Å². The first-order chi connectivity index (χ1) is 11.7. The monoisotopic (exact) mass is 327 g/mol. The van der Waals surface area contributed by atoms with Crippen LogP contribution in [0.15, 0.2) is 48.5 Å². The average molecular weight is 327 g/mol. The first-order valence-corrected chi connectivity index (χ1v) is 8.35. The number of amides is 1. The third-order valence-corrected chi connectivity index (χ3v) is 3.73. The summed E-state index contributed by atoms with van der Waals surface area (Å²) in [5.41, 5.74) is 2.57. The SMILES string of the molecule is CCOCc1cc(C(=O)N[C@@H](C)c2ccccc2)ccc1OCC. The van der Waals surface area contributed by atoms with Crippen LogP contribution in [0, 0.1) is 0 Å². The van der Waals surface area contributed by atoms with Crippen LogP contribution in [0.3, 0.4) is 0 Å². The van der Waals surface area contributed by atoms with Gasteiger partial charge in [0.15, 0.2) is 0 Å². The van der Waals surface area contributed by atoms with Gasteiger partial charge < -0.3 is 14.8 Å². The molecule has 4 nitrogen and oxygen atoms in total. The summed E-state index contributed by atoms with van der Waals surface area (Å²) in [6.07, 6.45) is 0. The van der Waals surface area contributed by atoms with Crippen LogP contribution in [0.25, 0.3) is 0 Å². The predicted molar refractivity (Wildman–Crippen MR) is 95.3 cm³/mol. The van der Waals surface area contributed by atoms with Gasteiger partial charge in [0.2, 0.25) is 0 Å². The molecule has 4 heteroatoms. The Balaban J connectivity index is 2.13. The molecule has 0 fully saturated rings.